The molecule has 0 saturated carbocycles. The number of carbonyl (C=O) groups excluding carboxylic acids is 3. The molecule has 2 saturated heterocycles. The van der Waals surface area contributed by atoms with Gasteiger partial charge < -0.3 is 21.1 Å². The molecule has 2 heterocycles. The normalized spacial score (nSPS) is 22.5. The number of carbonyl (C=O) groups is 3. The lowest BCUT2D eigenvalue weighted by Gasteiger charge is -2.19. The zero-order valence-corrected chi connectivity index (χ0v) is 11.8. The van der Waals surface area contributed by atoms with Crippen molar-refractivity contribution < 1.29 is 19.5 Å². The zero-order valence-electron chi connectivity index (χ0n) is 11.8. The third-order valence-corrected chi connectivity index (χ3v) is 3.40. The van der Waals surface area contributed by atoms with Crippen LogP contribution < -0.4 is 21.4 Å². The second-order valence-corrected chi connectivity index (χ2v) is 4.97. The maximum Gasteiger partial charge on any atom is 0.321 e. The van der Waals surface area contributed by atoms with Gasteiger partial charge in [-0.15, -0.1) is 0 Å². The monoisotopic (exact) mass is 318 g/mol. The summed E-state index contributed by atoms with van der Waals surface area (Å²) in [6, 6.07) is 5.62. The molecule has 1 aromatic carbocycles. The average Bonchev–Trinajstić information content (AvgIpc) is 2.98. The number of phenols is 1. The number of urea groups is 2. The number of benzene rings is 1. The SMILES string of the molecule is O=C(CN1C(=O)N[C@@H]2NC(=O)N[C@@H]21)N/N=C\c1ccccc1O. The fraction of sp³-hybridized carbons (Fsp3) is 0.231. The van der Waals surface area contributed by atoms with Gasteiger partial charge in [-0.05, 0) is 12.1 Å². The molecule has 1 aromatic rings. The number of fused-ring (bicyclic) bond motifs is 1. The Morgan fingerprint density at radius 2 is 2.09 bits per heavy atom. The Hall–Kier alpha value is -3.30. The number of para-hydroxylation sites is 1. The van der Waals surface area contributed by atoms with Gasteiger partial charge in [-0.25, -0.2) is 15.0 Å². The molecule has 2 atom stereocenters. The number of hydrazone groups is 1. The molecule has 10 nitrogen and oxygen atoms in total. The highest BCUT2D eigenvalue weighted by Crippen LogP contribution is 2.14. The van der Waals surface area contributed by atoms with Gasteiger partial charge in [-0.3, -0.25) is 9.69 Å². The Bertz CT molecular complexity index is 691. The van der Waals surface area contributed by atoms with Gasteiger partial charge in [-0.2, -0.15) is 5.10 Å². The summed E-state index contributed by atoms with van der Waals surface area (Å²) >= 11 is 0. The molecule has 2 aliphatic heterocycles. The zero-order chi connectivity index (χ0) is 16.4. The molecule has 23 heavy (non-hydrogen) atoms. The summed E-state index contributed by atoms with van der Waals surface area (Å²) in [5, 5.41) is 20.9. The van der Waals surface area contributed by atoms with Gasteiger partial charge in [0.2, 0.25) is 0 Å². The van der Waals surface area contributed by atoms with Gasteiger partial charge in [0.15, 0.2) is 0 Å². The van der Waals surface area contributed by atoms with Crippen molar-refractivity contribution in [3.63, 3.8) is 0 Å². The molecule has 0 bridgehead atoms. The second kappa shape index (κ2) is 5.83. The van der Waals surface area contributed by atoms with E-state index in [9.17, 15) is 19.5 Å². The molecule has 2 fully saturated rings. The Morgan fingerprint density at radius 1 is 1.30 bits per heavy atom. The fourth-order valence-corrected chi connectivity index (χ4v) is 2.33. The van der Waals surface area contributed by atoms with Crippen molar-refractivity contribution in [2.45, 2.75) is 12.3 Å². The smallest absolute Gasteiger partial charge is 0.321 e. The molecular weight excluding hydrogens is 304 g/mol. The van der Waals surface area contributed by atoms with Crippen LogP contribution in [0.15, 0.2) is 29.4 Å². The van der Waals surface area contributed by atoms with Crippen molar-refractivity contribution in [1.29, 1.82) is 0 Å². The van der Waals surface area contributed by atoms with Crippen molar-refractivity contribution in [3.8, 4) is 5.75 Å². The fourth-order valence-electron chi connectivity index (χ4n) is 2.33. The number of rotatable bonds is 4. The number of amides is 5. The highest BCUT2D eigenvalue weighted by molar-refractivity contribution is 5.89. The Kier molecular flexibility index (Phi) is 3.71. The second-order valence-electron chi connectivity index (χ2n) is 4.97. The Labute approximate surface area is 130 Å². The van der Waals surface area contributed by atoms with Gasteiger partial charge >= 0.3 is 12.1 Å². The Balaban J connectivity index is 1.56. The summed E-state index contributed by atoms with van der Waals surface area (Å²) in [7, 11) is 0. The van der Waals surface area contributed by atoms with Crippen molar-refractivity contribution in [1.82, 2.24) is 26.3 Å². The largest absolute Gasteiger partial charge is 0.507 e. The number of phenolic OH excluding ortho intramolecular Hbond substituents is 1. The topological polar surface area (TPSA) is 135 Å². The summed E-state index contributed by atoms with van der Waals surface area (Å²) in [6.07, 6.45) is 0.106. The van der Waals surface area contributed by atoms with Crippen LogP contribution in [0, 0.1) is 0 Å². The van der Waals surface area contributed by atoms with Gasteiger partial charge in [-0.1, -0.05) is 12.1 Å². The van der Waals surface area contributed by atoms with E-state index >= 15 is 0 Å². The number of hydrogen-bond acceptors (Lipinski definition) is 5. The van der Waals surface area contributed by atoms with E-state index in [0.717, 1.165) is 0 Å². The van der Waals surface area contributed by atoms with Crippen molar-refractivity contribution in [2.24, 2.45) is 5.10 Å². The predicted octanol–water partition coefficient (Wildman–Crippen LogP) is -1.17. The third-order valence-electron chi connectivity index (χ3n) is 3.40. The molecule has 5 N–H and O–H groups in total. The van der Waals surface area contributed by atoms with Gasteiger partial charge in [0.05, 0.1) is 6.21 Å². The summed E-state index contributed by atoms with van der Waals surface area (Å²) in [4.78, 5) is 36.0. The third kappa shape index (κ3) is 3.00. The van der Waals surface area contributed by atoms with Crippen LogP contribution in [0.4, 0.5) is 9.59 Å². The minimum Gasteiger partial charge on any atom is -0.507 e. The number of nitrogens with zero attached hydrogens (tertiary/aromatic N) is 2. The summed E-state index contributed by atoms with van der Waals surface area (Å²) in [5.74, 6) is -0.499. The van der Waals surface area contributed by atoms with E-state index in [1.807, 2.05) is 0 Å². The van der Waals surface area contributed by atoms with Crippen LogP contribution in [0.2, 0.25) is 0 Å². The van der Waals surface area contributed by atoms with E-state index in [1.54, 1.807) is 18.2 Å². The lowest BCUT2D eigenvalue weighted by Crippen LogP contribution is -2.47. The first-order valence-corrected chi connectivity index (χ1v) is 6.78. The van der Waals surface area contributed by atoms with E-state index in [4.69, 9.17) is 0 Å². The standard InChI is InChI=1S/C13H14N6O4/c20-8-4-2-1-3-7(8)5-14-18-9(21)6-19-11-10(16-13(19)23)15-12(22)17-11/h1-5,10-11,20H,6H2,(H,16,23)(H,18,21)(H2,15,17,22)/b14-5-/t10-,11+/m0/s1. The molecule has 0 aliphatic carbocycles. The van der Waals surface area contributed by atoms with Crippen LogP contribution in [0.3, 0.4) is 0 Å². The van der Waals surface area contributed by atoms with Gasteiger partial charge in [0, 0.05) is 5.56 Å². The van der Waals surface area contributed by atoms with Gasteiger partial charge in [0.1, 0.15) is 24.6 Å². The van der Waals surface area contributed by atoms with Crippen LogP contribution in [0.1, 0.15) is 5.56 Å². The van der Waals surface area contributed by atoms with Crippen LogP contribution in [-0.4, -0.2) is 53.1 Å². The quantitative estimate of drug-likeness (QED) is 0.353. The molecule has 2 aliphatic rings. The number of hydrogen-bond donors (Lipinski definition) is 5. The maximum atomic E-state index is 11.8. The molecule has 0 radical (unpaired) electrons. The molecule has 0 unspecified atom stereocenters. The van der Waals surface area contributed by atoms with Gasteiger partial charge in [0.25, 0.3) is 5.91 Å². The predicted molar refractivity (Wildman–Crippen MR) is 78.3 cm³/mol. The van der Waals surface area contributed by atoms with Crippen molar-refractivity contribution in [2.75, 3.05) is 6.54 Å². The van der Waals surface area contributed by atoms with Crippen LogP contribution in [0.25, 0.3) is 0 Å². The average molecular weight is 318 g/mol. The molecular formula is C13H14N6O4. The first-order valence-electron chi connectivity index (χ1n) is 6.78. The van der Waals surface area contributed by atoms with E-state index in [1.165, 1.54) is 17.2 Å². The maximum absolute atomic E-state index is 11.8. The highest BCUT2D eigenvalue weighted by Gasteiger charge is 2.45. The van der Waals surface area contributed by atoms with Crippen molar-refractivity contribution >= 4 is 24.2 Å². The highest BCUT2D eigenvalue weighted by atomic mass is 16.3. The minimum atomic E-state index is -0.622. The Morgan fingerprint density at radius 3 is 2.87 bits per heavy atom. The molecule has 10 heteroatoms. The summed E-state index contributed by atoms with van der Waals surface area (Å²) < 4.78 is 0. The lowest BCUT2D eigenvalue weighted by molar-refractivity contribution is -0.121. The van der Waals surface area contributed by atoms with Crippen LogP contribution in [-0.2, 0) is 4.79 Å². The van der Waals surface area contributed by atoms with Crippen LogP contribution in [0.5, 0.6) is 5.75 Å². The minimum absolute atomic E-state index is 0.0343. The first-order chi connectivity index (χ1) is 11.0. The van der Waals surface area contributed by atoms with Crippen LogP contribution >= 0.6 is 0 Å². The number of aromatic hydroxyl groups is 1. The summed E-state index contributed by atoms with van der Waals surface area (Å²) in [5.41, 5.74) is 2.71. The summed E-state index contributed by atoms with van der Waals surface area (Å²) in [6.45, 7) is -0.271. The lowest BCUT2D eigenvalue weighted by atomic mass is 10.2. The number of nitrogens with one attached hydrogen (secondary N) is 4. The van der Waals surface area contributed by atoms with E-state index in [-0.39, 0.29) is 12.3 Å². The van der Waals surface area contributed by atoms with E-state index < -0.39 is 30.3 Å². The molecule has 3 rings (SSSR count). The molecule has 5 amide bonds. The first kappa shape index (κ1) is 14.6. The molecule has 0 spiro atoms. The van der Waals surface area contributed by atoms with Crippen molar-refractivity contribution in [3.05, 3.63) is 29.8 Å². The van der Waals surface area contributed by atoms with E-state index in [2.05, 4.69) is 26.5 Å². The molecule has 0 aromatic heterocycles. The molecule has 120 valence electrons. The van der Waals surface area contributed by atoms with E-state index in [0.29, 0.717) is 5.56 Å².